The second-order valence-electron chi connectivity index (χ2n) is 5.57. The Hall–Kier alpha value is -0.920. The van der Waals surface area contributed by atoms with Gasteiger partial charge in [0, 0.05) is 24.5 Å². The lowest BCUT2D eigenvalue weighted by Crippen LogP contribution is -2.48. The highest BCUT2D eigenvalue weighted by Gasteiger charge is 2.27. The summed E-state index contributed by atoms with van der Waals surface area (Å²) in [7, 11) is 0. The van der Waals surface area contributed by atoms with Gasteiger partial charge in [-0.2, -0.15) is 5.10 Å². The molecule has 1 N–H and O–H groups in total. The van der Waals surface area contributed by atoms with Crippen molar-refractivity contribution in [2.75, 3.05) is 29.9 Å². The summed E-state index contributed by atoms with van der Waals surface area (Å²) in [5.41, 5.74) is 0.377. The van der Waals surface area contributed by atoms with Gasteiger partial charge in [-0.3, -0.25) is 4.79 Å². The minimum atomic E-state index is -0.617. The molecule has 1 atom stereocenters. The quantitative estimate of drug-likeness (QED) is 0.810. The zero-order valence-corrected chi connectivity index (χ0v) is 13.3. The molecule has 1 aliphatic rings. The third kappa shape index (κ3) is 3.80. The topological polar surface area (TPSA) is 67.6 Å². The average molecular weight is 346 g/mol. The smallest absolute Gasteiger partial charge is 0.268 e. The second kappa shape index (κ2) is 6.24. The van der Waals surface area contributed by atoms with E-state index in [0.717, 1.165) is 18.8 Å². The Morgan fingerprint density at radius 3 is 2.95 bits per heavy atom. The van der Waals surface area contributed by atoms with Gasteiger partial charge in [-0.25, -0.2) is 4.68 Å². The summed E-state index contributed by atoms with van der Waals surface area (Å²) >= 11 is 3.17. The highest BCUT2D eigenvalue weighted by Crippen LogP contribution is 2.21. The number of hydrogen-bond donors (Lipinski definition) is 1. The lowest BCUT2D eigenvalue weighted by molar-refractivity contribution is -0.0277. The average Bonchev–Trinajstić information content (AvgIpc) is 2.39. The molecule has 0 aliphatic carbocycles. The van der Waals surface area contributed by atoms with E-state index in [1.807, 2.05) is 13.8 Å². The first-order chi connectivity index (χ1) is 9.41. The van der Waals surface area contributed by atoms with Crippen molar-refractivity contribution < 1.29 is 9.84 Å². The van der Waals surface area contributed by atoms with Gasteiger partial charge in [0.15, 0.2) is 0 Å². The van der Waals surface area contributed by atoms with Gasteiger partial charge in [0.1, 0.15) is 0 Å². The highest BCUT2D eigenvalue weighted by molar-refractivity contribution is 9.09. The number of aliphatic hydroxyl groups is 1. The Balaban J connectivity index is 2.14. The predicted molar refractivity (Wildman–Crippen MR) is 80.5 cm³/mol. The first-order valence-electron chi connectivity index (χ1n) is 6.61. The maximum Gasteiger partial charge on any atom is 0.268 e. The molecule has 0 saturated carbocycles. The number of nitrogens with zero attached hydrogens (tertiary/aromatic N) is 3. The number of alkyl halides is 1. The number of anilines is 1. The van der Waals surface area contributed by atoms with Gasteiger partial charge in [0.2, 0.25) is 0 Å². The largest absolute Gasteiger partial charge is 0.390 e. The molecular weight excluding hydrogens is 326 g/mol. The molecule has 0 radical (unpaired) electrons. The Kier molecular flexibility index (Phi) is 4.82. The third-order valence-corrected chi connectivity index (χ3v) is 3.96. The number of aliphatic hydroxyl groups excluding tert-OH is 1. The molecule has 1 saturated heterocycles. The van der Waals surface area contributed by atoms with Gasteiger partial charge in [-0.05, 0) is 13.8 Å². The van der Waals surface area contributed by atoms with Crippen molar-refractivity contribution in [3.8, 4) is 0 Å². The van der Waals surface area contributed by atoms with E-state index < -0.39 is 6.10 Å². The van der Waals surface area contributed by atoms with E-state index in [4.69, 9.17) is 4.74 Å². The Bertz CT molecular complexity index is 518. The summed E-state index contributed by atoms with van der Waals surface area (Å²) in [6.07, 6.45) is 1.05. The standard InChI is InChI=1S/C13H20BrN3O3/c1-13(2)9-16(3-4-20-13)10-5-12(19)17(15-7-10)8-11(18)6-14/h5,7,11,18H,3-4,6,8-9H2,1-2H3. The Labute approximate surface area is 126 Å². The van der Waals surface area contributed by atoms with Crippen molar-refractivity contribution in [1.82, 2.24) is 9.78 Å². The number of hydrogen-bond acceptors (Lipinski definition) is 5. The number of ether oxygens (including phenoxy) is 1. The van der Waals surface area contributed by atoms with Crippen molar-refractivity contribution in [2.45, 2.75) is 32.1 Å². The van der Waals surface area contributed by atoms with Gasteiger partial charge >= 0.3 is 0 Å². The molecule has 7 heteroatoms. The van der Waals surface area contributed by atoms with E-state index in [9.17, 15) is 9.90 Å². The van der Waals surface area contributed by atoms with E-state index >= 15 is 0 Å². The van der Waals surface area contributed by atoms with Crippen LogP contribution in [0.3, 0.4) is 0 Å². The highest BCUT2D eigenvalue weighted by atomic mass is 79.9. The van der Waals surface area contributed by atoms with Gasteiger partial charge in [-0.15, -0.1) is 0 Å². The van der Waals surface area contributed by atoms with Gasteiger partial charge in [0.25, 0.3) is 5.56 Å². The van der Waals surface area contributed by atoms with Crippen LogP contribution in [-0.2, 0) is 11.3 Å². The molecule has 1 unspecified atom stereocenters. The molecule has 0 aromatic carbocycles. The van der Waals surface area contributed by atoms with Crippen LogP contribution in [0.5, 0.6) is 0 Å². The van der Waals surface area contributed by atoms with E-state index in [1.165, 1.54) is 4.68 Å². The predicted octanol–water partition coefficient (Wildman–Crippen LogP) is 0.614. The van der Waals surface area contributed by atoms with Crippen molar-refractivity contribution >= 4 is 21.6 Å². The fourth-order valence-electron chi connectivity index (χ4n) is 2.22. The number of aromatic nitrogens is 2. The van der Waals surface area contributed by atoms with Gasteiger partial charge in [0.05, 0.1) is 36.7 Å². The van der Waals surface area contributed by atoms with Crippen molar-refractivity contribution in [3.05, 3.63) is 22.6 Å². The first kappa shape index (κ1) is 15.5. The fraction of sp³-hybridized carbons (Fsp3) is 0.692. The lowest BCUT2D eigenvalue weighted by Gasteiger charge is -2.39. The van der Waals surface area contributed by atoms with Crippen LogP contribution in [0.2, 0.25) is 0 Å². The van der Waals surface area contributed by atoms with Crippen LogP contribution in [0, 0.1) is 0 Å². The summed E-state index contributed by atoms with van der Waals surface area (Å²) < 4.78 is 6.93. The molecule has 112 valence electrons. The van der Waals surface area contributed by atoms with E-state index in [2.05, 4.69) is 25.9 Å². The minimum Gasteiger partial charge on any atom is -0.390 e. The zero-order valence-electron chi connectivity index (χ0n) is 11.8. The summed E-state index contributed by atoms with van der Waals surface area (Å²) in [6.45, 7) is 6.36. The normalized spacial score (nSPS) is 19.9. The van der Waals surface area contributed by atoms with Crippen molar-refractivity contribution in [2.24, 2.45) is 0 Å². The number of morpholine rings is 1. The summed E-state index contributed by atoms with van der Waals surface area (Å²) in [5, 5.41) is 14.1. The molecule has 1 aliphatic heterocycles. The molecule has 0 amide bonds. The van der Waals surface area contributed by atoms with Crippen LogP contribution in [0.4, 0.5) is 5.69 Å². The van der Waals surface area contributed by atoms with Crippen LogP contribution in [0.15, 0.2) is 17.1 Å². The molecule has 1 fully saturated rings. The minimum absolute atomic E-state index is 0.193. The fourth-order valence-corrected chi connectivity index (χ4v) is 2.42. The zero-order chi connectivity index (χ0) is 14.8. The third-order valence-electron chi connectivity index (χ3n) is 3.21. The summed E-state index contributed by atoms with van der Waals surface area (Å²) in [4.78, 5) is 14.1. The van der Waals surface area contributed by atoms with Crippen LogP contribution >= 0.6 is 15.9 Å². The molecule has 0 bridgehead atoms. The molecule has 1 aromatic heterocycles. The molecule has 2 heterocycles. The Morgan fingerprint density at radius 2 is 2.35 bits per heavy atom. The van der Waals surface area contributed by atoms with Crippen LogP contribution in [-0.4, -0.2) is 51.6 Å². The number of rotatable bonds is 4. The molecule has 20 heavy (non-hydrogen) atoms. The van der Waals surface area contributed by atoms with E-state index in [-0.39, 0.29) is 17.7 Å². The van der Waals surface area contributed by atoms with Gasteiger partial charge in [-0.1, -0.05) is 15.9 Å². The van der Waals surface area contributed by atoms with Crippen LogP contribution in [0.1, 0.15) is 13.8 Å². The number of halogens is 1. The maximum absolute atomic E-state index is 12.0. The monoisotopic (exact) mass is 345 g/mol. The van der Waals surface area contributed by atoms with E-state index in [0.29, 0.717) is 11.9 Å². The van der Waals surface area contributed by atoms with Crippen LogP contribution in [0.25, 0.3) is 0 Å². The maximum atomic E-state index is 12.0. The molecular formula is C13H20BrN3O3. The first-order valence-corrected chi connectivity index (χ1v) is 7.73. The second-order valence-corrected chi connectivity index (χ2v) is 6.22. The lowest BCUT2D eigenvalue weighted by atomic mass is 10.1. The summed E-state index contributed by atoms with van der Waals surface area (Å²) in [6, 6.07) is 1.56. The molecule has 0 spiro atoms. The van der Waals surface area contributed by atoms with Crippen LogP contribution < -0.4 is 10.5 Å². The van der Waals surface area contributed by atoms with Crippen molar-refractivity contribution in [1.29, 1.82) is 0 Å². The Morgan fingerprint density at radius 1 is 1.60 bits per heavy atom. The van der Waals surface area contributed by atoms with E-state index in [1.54, 1.807) is 12.3 Å². The summed E-state index contributed by atoms with van der Waals surface area (Å²) in [5.74, 6) is 0. The SMILES string of the molecule is CC1(C)CN(c2cnn(CC(O)CBr)c(=O)c2)CCO1. The molecule has 6 nitrogen and oxygen atoms in total. The van der Waals surface area contributed by atoms with Gasteiger partial charge < -0.3 is 14.7 Å². The van der Waals surface area contributed by atoms with Crippen molar-refractivity contribution in [3.63, 3.8) is 0 Å². The molecule has 1 aromatic rings. The molecule has 2 rings (SSSR count).